The summed E-state index contributed by atoms with van der Waals surface area (Å²) in [7, 11) is 1.62. The predicted molar refractivity (Wildman–Crippen MR) is 132 cm³/mol. The normalized spacial score (nSPS) is 15.0. The number of benzene rings is 2. The van der Waals surface area contributed by atoms with Crippen LogP contribution < -0.4 is 14.8 Å². The SMILES string of the molecule is CCOc1ccc(C2(CNC(=O)Cn3c(-c4ccc(OC)cc4)n[nH]c3=S)CCOCC2)cc1. The molecule has 1 aliphatic rings. The molecule has 0 radical (unpaired) electrons. The minimum Gasteiger partial charge on any atom is -0.497 e. The molecule has 180 valence electrons. The molecular formula is C25H30N4O4S. The summed E-state index contributed by atoms with van der Waals surface area (Å²) in [6.07, 6.45) is 1.67. The molecule has 8 nitrogen and oxygen atoms in total. The first-order valence-electron chi connectivity index (χ1n) is 11.4. The number of nitrogens with one attached hydrogen (secondary N) is 2. The number of aromatic amines is 1. The van der Waals surface area contributed by atoms with Gasteiger partial charge in [0.15, 0.2) is 10.6 Å². The summed E-state index contributed by atoms with van der Waals surface area (Å²) in [5.74, 6) is 2.08. The second-order valence-corrected chi connectivity index (χ2v) is 8.68. The van der Waals surface area contributed by atoms with Crippen LogP contribution >= 0.6 is 12.2 Å². The van der Waals surface area contributed by atoms with E-state index in [1.54, 1.807) is 11.7 Å². The fourth-order valence-corrected chi connectivity index (χ4v) is 4.49. The Balaban J connectivity index is 1.48. The van der Waals surface area contributed by atoms with Gasteiger partial charge in [0.2, 0.25) is 5.91 Å². The fourth-order valence-electron chi connectivity index (χ4n) is 4.29. The summed E-state index contributed by atoms with van der Waals surface area (Å²) in [6.45, 7) is 4.52. The highest BCUT2D eigenvalue weighted by Gasteiger charge is 2.35. The Hall–Kier alpha value is -3.17. The lowest BCUT2D eigenvalue weighted by molar-refractivity contribution is -0.122. The smallest absolute Gasteiger partial charge is 0.240 e. The van der Waals surface area contributed by atoms with Crippen molar-refractivity contribution in [3.05, 3.63) is 58.9 Å². The molecule has 2 N–H and O–H groups in total. The zero-order valence-corrected chi connectivity index (χ0v) is 20.3. The Morgan fingerprint density at radius 3 is 2.47 bits per heavy atom. The number of carbonyl (C=O) groups is 1. The van der Waals surface area contributed by atoms with Gasteiger partial charge in [-0.25, -0.2) is 0 Å². The molecule has 4 rings (SSSR count). The van der Waals surface area contributed by atoms with Crippen LogP contribution in [0, 0.1) is 4.77 Å². The van der Waals surface area contributed by atoms with Crippen molar-refractivity contribution in [3.63, 3.8) is 0 Å². The van der Waals surface area contributed by atoms with Gasteiger partial charge in [0.25, 0.3) is 0 Å². The first-order valence-corrected chi connectivity index (χ1v) is 11.8. The number of ether oxygens (including phenoxy) is 3. The second-order valence-electron chi connectivity index (χ2n) is 8.29. The van der Waals surface area contributed by atoms with Gasteiger partial charge in [-0.1, -0.05) is 12.1 Å². The second kappa shape index (κ2) is 10.8. The molecule has 2 aromatic carbocycles. The van der Waals surface area contributed by atoms with E-state index in [9.17, 15) is 4.79 Å². The van der Waals surface area contributed by atoms with Gasteiger partial charge in [0.1, 0.15) is 18.0 Å². The van der Waals surface area contributed by atoms with Crippen LogP contribution in [0.15, 0.2) is 48.5 Å². The number of nitrogens with zero attached hydrogens (tertiary/aromatic N) is 2. The number of hydrogen-bond acceptors (Lipinski definition) is 6. The van der Waals surface area contributed by atoms with E-state index in [1.165, 1.54) is 5.56 Å². The summed E-state index contributed by atoms with van der Waals surface area (Å²) >= 11 is 5.39. The minimum atomic E-state index is -0.185. The molecule has 1 fully saturated rings. The Morgan fingerprint density at radius 1 is 1.15 bits per heavy atom. The van der Waals surface area contributed by atoms with E-state index in [2.05, 4.69) is 27.6 Å². The molecule has 0 aliphatic carbocycles. The molecule has 1 saturated heterocycles. The third-order valence-electron chi connectivity index (χ3n) is 6.26. The first kappa shape index (κ1) is 24.0. The lowest BCUT2D eigenvalue weighted by Gasteiger charge is -2.38. The van der Waals surface area contributed by atoms with Gasteiger partial charge in [0, 0.05) is 30.7 Å². The molecule has 1 aromatic heterocycles. The molecule has 0 atom stereocenters. The summed E-state index contributed by atoms with van der Waals surface area (Å²) in [5, 5.41) is 10.3. The average Bonchev–Trinajstić information content (AvgIpc) is 3.24. The Labute approximate surface area is 204 Å². The van der Waals surface area contributed by atoms with E-state index in [0.717, 1.165) is 29.9 Å². The lowest BCUT2D eigenvalue weighted by atomic mass is 9.74. The van der Waals surface area contributed by atoms with Gasteiger partial charge < -0.3 is 19.5 Å². The Kier molecular flexibility index (Phi) is 7.64. The van der Waals surface area contributed by atoms with Crippen molar-refractivity contribution in [2.45, 2.75) is 31.7 Å². The average molecular weight is 483 g/mol. The number of hydrogen-bond donors (Lipinski definition) is 2. The highest BCUT2D eigenvalue weighted by Crippen LogP contribution is 2.35. The van der Waals surface area contributed by atoms with Crippen molar-refractivity contribution in [1.29, 1.82) is 0 Å². The standard InChI is InChI=1S/C25H30N4O4S/c1-3-33-21-10-6-19(7-11-21)25(12-14-32-15-13-25)17-26-22(30)16-29-23(27-28-24(29)34)18-4-8-20(31-2)9-5-18/h4-11H,3,12-17H2,1-2H3,(H,26,30)(H,28,34). The number of rotatable bonds is 9. The van der Waals surface area contributed by atoms with Crippen molar-refractivity contribution in [3.8, 4) is 22.9 Å². The number of carbonyl (C=O) groups excluding carboxylic acids is 1. The van der Waals surface area contributed by atoms with Crippen LogP contribution in [0.2, 0.25) is 0 Å². The zero-order valence-electron chi connectivity index (χ0n) is 19.5. The van der Waals surface area contributed by atoms with Gasteiger partial charge in [-0.15, -0.1) is 0 Å². The zero-order chi connectivity index (χ0) is 24.0. The largest absolute Gasteiger partial charge is 0.497 e. The number of methoxy groups -OCH3 is 1. The van der Waals surface area contributed by atoms with Crippen LogP contribution in [0.1, 0.15) is 25.3 Å². The minimum absolute atomic E-state index is 0.0759. The van der Waals surface area contributed by atoms with Gasteiger partial charge in [-0.05, 0) is 73.9 Å². The molecule has 1 aliphatic heterocycles. The fraction of sp³-hybridized carbons (Fsp3) is 0.400. The van der Waals surface area contributed by atoms with Crippen molar-refractivity contribution < 1.29 is 19.0 Å². The highest BCUT2D eigenvalue weighted by atomic mass is 32.1. The third kappa shape index (κ3) is 5.31. The van der Waals surface area contributed by atoms with Gasteiger partial charge in [0.05, 0.1) is 13.7 Å². The maximum atomic E-state index is 13.0. The van der Waals surface area contributed by atoms with Gasteiger partial charge in [-0.2, -0.15) is 5.10 Å². The molecule has 2 heterocycles. The van der Waals surface area contributed by atoms with Crippen LogP contribution in [0.3, 0.4) is 0 Å². The van der Waals surface area contributed by atoms with Crippen molar-refractivity contribution in [2.75, 3.05) is 33.5 Å². The van der Waals surface area contributed by atoms with Crippen LogP contribution in [-0.4, -0.2) is 54.1 Å². The molecule has 0 unspecified atom stereocenters. The highest BCUT2D eigenvalue weighted by molar-refractivity contribution is 7.71. The Bertz CT molecular complexity index is 1150. The monoisotopic (exact) mass is 482 g/mol. The molecule has 0 saturated carbocycles. The van der Waals surface area contributed by atoms with Crippen molar-refractivity contribution in [1.82, 2.24) is 20.1 Å². The summed E-state index contributed by atoms with van der Waals surface area (Å²) in [6, 6.07) is 15.6. The summed E-state index contributed by atoms with van der Waals surface area (Å²) < 4.78 is 18.5. The van der Waals surface area contributed by atoms with E-state index in [1.807, 2.05) is 43.3 Å². The molecule has 34 heavy (non-hydrogen) atoms. The van der Waals surface area contributed by atoms with Crippen LogP contribution in [0.25, 0.3) is 11.4 Å². The number of H-pyrrole nitrogens is 1. The van der Waals surface area contributed by atoms with Crippen LogP contribution in [-0.2, 0) is 21.5 Å². The van der Waals surface area contributed by atoms with Crippen molar-refractivity contribution >= 4 is 18.1 Å². The maximum Gasteiger partial charge on any atom is 0.240 e. The topological polar surface area (TPSA) is 90.4 Å². The maximum absolute atomic E-state index is 13.0. The van der Waals surface area contributed by atoms with Gasteiger partial charge in [-0.3, -0.25) is 14.5 Å². The molecule has 3 aromatic rings. The molecular weight excluding hydrogens is 452 g/mol. The van der Waals surface area contributed by atoms with Gasteiger partial charge >= 0.3 is 0 Å². The Morgan fingerprint density at radius 2 is 1.82 bits per heavy atom. The molecule has 1 amide bonds. The van der Waals surface area contributed by atoms with E-state index >= 15 is 0 Å². The number of aromatic nitrogens is 3. The molecule has 9 heteroatoms. The van der Waals surface area contributed by atoms with E-state index in [-0.39, 0.29) is 17.9 Å². The summed E-state index contributed by atoms with van der Waals surface area (Å²) in [5.41, 5.74) is 1.84. The first-order chi connectivity index (χ1) is 16.5. The quantitative estimate of drug-likeness (QED) is 0.450. The molecule has 0 bridgehead atoms. The van der Waals surface area contributed by atoms with E-state index in [4.69, 9.17) is 26.4 Å². The van der Waals surface area contributed by atoms with E-state index < -0.39 is 0 Å². The van der Waals surface area contributed by atoms with Crippen molar-refractivity contribution in [2.24, 2.45) is 0 Å². The van der Waals surface area contributed by atoms with Crippen LogP contribution in [0.4, 0.5) is 0 Å². The molecule has 0 spiro atoms. The third-order valence-corrected chi connectivity index (χ3v) is 6.57. The summed E-state index contributed by atoms with van der Waals surface area (Å²) in [4.78, 5) is 13.0. The van der Waals surface area contributed by atoms with Crippen LogP contribution in [0.5, 0.6) is 11.5 Å². The number of amides is 1. The van der Waals surface area contributed by atoms with E-state index in [0.29, 0.717) is 37.0 Å². The lowest BCUT2D eigenvalue weighted by Crippen LogP contribution is -2.45. The predicted octanol–water partition coefficient (Wildman–Crippen LogP) is 3.88.